The second-order valence-corrected chi connectivity index (χ2v) is 7.74. The lowest BCUT2D eigenvalue weighted by atomic mass is 9.96. The lowest BCUT2D eigenvalue weighted by Gasteiger charge is -2.24. The van der Waals surface area contributed by atoms with E-state index >= 15 is 0 Å². The summed E-state index contributed by atoms with van der Waals surface area (Å²) in [6.07, 6.45) is 0. The zero-order valence-corrected chi connectivity index (χ0v) is 14.2. The number of aromatic nitrogens is 2. The number of ether oxygens (including phenoxy) is 1. The first-order valence-corrected chi connectivity index (χ1v) is 7.28. The molecule has 0 saturated heterocycles. The highest BCUT2D eigenvalue weighted by Gasteiger charge is 2.21. The molecule has 0 fully saturated rings. The Balaban J connectivity index is 3.08. The Morgan fingerprint density at radius 2 is 1.70 bits per heavy atom. The first kappa shape index (κ1) is 16.7. The van der Waals surface area contributed by atoms with E-state index in [0.29, 0.717) is 18.4 Å². The topological polar surface area (TPSA) is 47.0 Å². The van der Waals surface area contributed by atoms with Gasteiger partial charge in [0.2, 0.25) is 5.88 Å². The molecule has 0 aromatic carbocycles. The minimum atomic E-state index is -0.106. The highest BCUT2D eigenvalue weighted by Crippen LogP contribution is 2.25. The van der Waals surface area contributed by atoms with E-state index in [1.54, 1.807) is 0 Å². The third-order valence-corrected chi connectivity index (χ3v) is 2.44. The standard InChI is InChI=1S/C16H29N3O/c1-11(2)10-20-13-9-12(19-16(6,7)8)17-14(18-13)15(3,4)5/h9,11H,10H2,1-8H3,(H,17,18,19). The van der Waals surface area contributed by atoms with Gasteiger partial charge in [-0.3, -0.25) is 0 Å². The minimum Gasteiger partial charge on any atom is -0.477 e. The molecule has 0 aliphatic rings. The van der Waals surface area contributed by atoms with Crippen LogP contribution in [0.5, 0.6) is 5.88 Å². The summed E-state index contributed by atoms with van der Waals surface area (Å²) in [5, 5.41) is 3.39. The molecule has 4 nitrogen and oxygen atoms in total. The summed E-state index contributed by atoms with van der Waals surface area (Å²) in [5.74, 6) is 2.73. The van der Waals surface area contributed by atoms with Gasteiger partial charge in [-0.05, 0) is 26.7 Å². The van der Waals surface area contributed by atoms with Gasteiger partial charge in [0.25, 0.3) is 0 Å². The molecule has 114 valence electrons. The highest BCUT2D eigenvalue weighted by atomic mass is 16.5. The summed E-state index contributed by atoms with van der Waals surface area (Å²) in [6, 6.07) is 1.88. The molecule has 1 rings (SSSR count). The molecule has 0 unspecified atom stereocenters. The molecule has 0 spiro atoms. The predicted molar refractivity (Wildman–Crippen MR) is 84.4 cm³/mol. The second kappa shape index (κ2) is 5.98. The highest BCUT2D eigenvalue weighted by molar-refractivity contribution is 5.41. The fraction of sp³-hybridized carbons (Fsp3) is 0.750. The van der Waals surface area contributed by atoms with Crippen LogP contribution in [0.1, 0.15) is 61.2 Å². The van der Waals surface area contributed by atoms with Crippen molar-refractivity contribution in [1.29, 1.82) is 0 Å². The molecule has 1 N–H and O–H groups in total. The molecular weight excluding hydrogens is 250 g/mol. The third-order valence-electron chi connectivity index (χ3n) is 2.44. The lowest BCUT2D eigenvalue weighted by Crippen LogP contribution is -2.28. The molecule has 0 saturated carbocycles. The van der Waals surface area contributed by atoms with Crippen molar-refractivity contribution < 1.29 is 4.74 Å². The van der Waals surface area contributed by atoms with E-state index in [9.17, 15) is 0 Å². The van der Waals surface area contributed by atoms with Crippen molar-refractivity contribution in [1.82, 2.24) is 9.97 Å². The van der Waals surface area contributed by atoms with E-state index in [-0.39, 0.29) is 11.0 Å². The van der Waals surface area contributed by atoms with E-state index in [4.69, 9.17) is 4.74 Å². The van der Waals surface area contributed by atoms with E-state index in [0.717, 1.165) is 11.6 Å². The number of anilines is 1. The number of nitrogens with one attached hydrogen (secondary N) is 1. The first-order valence-electron chi connectivity index (χ1n) is 7.28. The number of nitrogens with zero attached hydrogens (tertiary/aromatic N) is 2. The smallest absolute Gasteiger partial charge is 0.218 e. The summed E-state index contributed by atoms with van der Waals surface area (Å²) in [6.45, 7) is 17.6. The van der Waals surface area contributed by atoms with Gasteiger partial charge in [0.15, 0.2) is 0 Å². The molecule has 1 heterocycles. The van der Waals surface area contributed by atoms with Crippen molar-refractivity contribution in [2.24, 2.45) is 5.92 Å². The Labute approximate surface area is 123 Å². The molecule has 20 heavy (non-hydrogen) atoms. The Morgan fingerprint density at radius 3 is 2.15 bits per heavy atom. The van der Waals surface area contributed by atoms with E-state index in [1.165, 1.54) is 0 Å². The van der Waals surface area contributed by atoms with Crippen molar-refractivity contribution >= 4 is 5.82 Å². The largest absolute Gasteiger partial charge is 0.477 e. The van der Waals surface area contributed by atoms with Gasteiger partial charge in [-0.2, -0.15) is 4.98 Å². The van der Waals surface area contributed by atoms with Crippen LogP contribution in [0.2, 0.25) is 0 Å². The maximum Gasteiger partial charge on any atom is 0.218 e. The Morgan fingerprint density at radius 1 is 1.10 bits per heavy atom. The van der Waals surface area contributed by atoms with Gasteiger partial charge in [0.1, 0.15) is 11.6 Å². The Bertz CT molecular complexity index is 442. The lowest BCUT2D eigenvalue weighted by molar-refractivity contribution is 0.259. The summed E-state index contributed by atoms with van der Waals surface area (Å²) in [5.41, 5.74) is -0.148. The van der Waals surface area contributed by atoms with Crippen molar-refractivity contribution in [3.63, 3.8) is 0 Å². The maximum absolute atomic E-state index is 5.77. The van der Waals surface area contributed by atoms with Gasteiger partial charge in [0.05, 0.1) is 6.61 Å². The molecule has 4 heteroatoms. The monoisotopic (exact) mass is 279 g/mol. The zero-order chi connectivity index (χ0) is 15.6. The van der Waals surface area contributed by atoms with Crippen molar-refractivity contribution in [3.05, 3.63) is 11.9 Å². The van der Waals surface area contributed by atoms with E-state index in [2.05, 4.69) is 70.7 Å². The summed E-state index contributed by atoms with van der Waals surface area (Å²) >= 11 is 0. The van der Waals surface area contributed by atoms with Crippen LogP contribution in [0, 0.1) is 5.92 Å². The fourth-order valence-electron chi connectivity index (χ4n) is 1.53. The van der Waals surface area contributed by atoms with Crippen LogP contribution in [0.15, 0.2) is 6.07 Å². The normalized spacial score (nSPS) is 12.7. The minimum absolute atomic E-state index is 0.0428. The average molecular weight is 279 g/mol. The fourth-order valence-corrected chi connectivity index (χ4v) is 1.53. The molecule has 0 radical (unpaired) electrons. The summed E-state index contributed by atoms with van der Waals surface area (Å²) < 4.78 is 5.77. The first-order chi connectivity index (χ1) is 8.97. The van der Waals surface area contributed by atoms with Crippen LogP contribution in [-0.2, 0) is 5.41 Å². The molecule has 0 amide bonds. The summed E-state index contributed by atoms with van der Waals surface area (Å²) in [7, 11) is 0. The molecule has 0 aliphatic carbocycles. The van der Waals surface area contributed by atoms with Crippen molar-refractivity contribution in [3.8, 4) is 5.88 Å². The second-order valence-electron chi connectivity index (χ2n) is 7.74. The quantitative estimate of drug-likeness (QED) is 0.904. The number of hydrogen-bond donors (Lipinski definition) is 1. The molecular formula is C16H29N3O. The number of rotatable bonds is 4. The molecule has 0 atom stereocenters. The molecule has 1 aromatic rings. The van der Waals surface area contributed by atoms with Crippen molar-refractivity contribution in [2.75, 3.05) is 11.9 Å². The average Bonchev–Trinajstić information content (AvgIpc) is 2.22. The SMILES string of the molecule is CC(C)COc1cc(NC(C)(C)C)nc(C(C)(C)C)n1. The van der Waals surface area contributed by atoms with Gasteiger partial charge < -0.3 is 10.1 Å². The van der Waals surface area contributed by atoms with Crippen LogP contribution in [0.25, 0.3) is 0 Å². The predicted octanol–water partition coefficient (Wildman–Crippen LogP) is 4.02. The van der Waals surface area contributed by atoms with Gasteiger partial charge in [-0.1, -0.05) is 34.6 Å². The maximum atomic E-state index is 5.77. The van der Waals surface area contributed by atoms with Gasteiger partial charge in [-0.25, -0.2) is 4.98 Å². The van der Waals surface area contributed by atoms with E-state index < -0.39 is 0 Å². The third kappa shape index (κ3) is 5.76. The van der Waals surface area contributed by atoms with Gasteiger partial charge in [0, 0.05) is 17.0 Å². The van der Waals surface area contributed by atoms with Gasteiger partial charge >= 0.3 is 0 Å². The van der Waals surface area contributed by atoms with Crippen LogP contribution in [0.4, 0.5) is 5.82 Å². The van der Waals surface area contributed by atoms with Crippen LogP contribution in [0.3, 0.4) is 0 Å². The van der Waals surface area contributed by atoms with E-state index in [1.807, 2.05) is 6.07 Å². The van der Waals surface area contributed by atoms with Crippen LogP contribution >= 0.6 is 0 Å². The molecule has 0 bridgehead atoms. The van der Waals surface area contributed by atoms with Crippen molar-refractivity contribution in [2.45, 2.75) is 66.3 Å². The van der Waals surface area contributed by atoms with Gasteiger partial charge in [-0.15, -0.1) is 0 Å². The zero-order valence-electron chi connectivity index (χ0n) is 14.2. The Hall–Kier alpha value is -1.32. The van der Waals surface area contributed by atoms with Crippen LogP contribution in [-0.4, -0.2) is 22.1 Å². The van der Waals surface area contributed by atoms with Crippen LogP contribution < -0.4 is 10.1 Å². The molecule has 0 aliphatic heterocycles. The Kier molecular flexibility index (Phi) is 5.00. The summed E-state index contributed by atoms with van der Waals surface area (Å²) in [4.78, 5) is 9.15. The molecule has 1 aromatic heterocycles. The number of hydrogen-bond acceptors (Lipinski definition) is 4.